The normalized spacial score (nSPS) is 15.4. The summed E-state index contributed by atoms with van der Waals surface area (Å²) in [7, 11) is 0. The molecular weight excluding hydrogens is 205 g/mol. The summed E-state index contributed by atoms with van der Waals surface area (Å²) in [5, 5.41) is 4.57. The monoisotopic (exact) mass is 213 g/mol. The van der Waals surface area contributed by atoms with Crippen LogP contribution in [0.5, 0.6) is 0 Å². The van der Waals surface area contributed by atoms with Gasteiger partial charge in [0.1, 0.15) is 0 Å². The first-order valence-corrected chi connectivity index (χ1v) is 4.86. The molecule has 1 heterocycles. The molecule has 0 unspecified atom stereocenters. The predicted octanol–water partition coefficient (Wildman–Crippen LogP) is 2.98. The fraction of sp³-hybridized carbons (Fsp3) is 0.200. The maximum atomic E-state index is 6.01. The van der Waals surface area contributed by atoms with Gasteiger partial charge in [0.2, 0.25) is 0 Å². The summed E-state index contributed by atoms with van der Waals surface area (Å²) in [6.07, 6.45) is 2.11. The largest absolute Gasteiger partial charge is 0.309 e. The van der Waals surface area contributed by atoms with E-state index in [1.165, 1.54) is 5.57 Å². The van der Waals surface area contributed by atoms with Crippen molar-refractivity contribution in [1.82, 2.24) is 5.32 Å². The van der Waals surface area contributed by atoms with E-state index in [0.717, 1.165) is 18.7 Å². The zero-order valence-corrected chi connectivity index (χ0v) is 8.49. The van der Waals surface area contributed by atoms with Crippen LogP contribution in [0.4, 0.5) is 0 Å². The molecule has 1 fully saturated rings. The van der Waals surface area contributed by atoms with Crippen molar-refractivity contribution in [3.63, 3.8) is 0 Å². The molecule has 1 aromatic rings. The van der Waals surface area contributed by atoms with Crippen LogP contribution in [-0.4, -0.2) is 13.1 Å². The Morgan fingerprint density at radius 2 is 2.00 bits per heavy atom. The number of nitrogens with one attached hydrogen (secondary N) is 1. The summed E-state index contributed by atoms with van der Waals surface area (Å²) < 4.78 is 0. The van der Waals surface area contributed by atoms with Gasteiger partial charge in [-0.05, 0) is 23.3 Å². The van der Waals surface area contributed by atoms with Gasteiger partial charge in [0.15, 0.2) is 0 Å². The second-order valence-electron chi connectivity index (χ2n) is 3.07. The van der Waals surface area contributed by atoms with Crippen molar-refractivity contribution in [3.8, 4) is 0 Å². The van der Waals surface area contributed by atoms with E-state index in [1.54, 1.807) is 6.07 Å². The molecule has 0 amide bonds. The zero-order chi connectivity index (χ0) is 9.26. The topological polar surface area (TPSA) is 12.0 Å². The molecule has 2 rings (SSSR count). The minimum absolute atomic E-state index is 0.680. The lowest BCUT2D eigenvalue weighted by Gasteiger charge is -2.18. The lowest BCUT2D eigenvalue weighted by Crippen LogP contribution is -2.33. The van der Waals surface area contributed by atoms with Gasteiger partial charge in [-0.15, -0.1) is 0 Å². The summed E-state index contributed by atoms with van der Waals surface area (Å²) >= 11 is 11.8. The first-order chi connectivity index (χ1) is 6.25. The molecule has 13 heavy (non-hydrogen) atoms. The van der Waals surface area contributed by atoms with Gasteiger partial charge in [-0.3, -0.25) is 0 Å². The molecule has 0 bridgehead atoms. The molecule has 0 atom stereocenters. The van der Waals surface area contributed by atoms with Gasteiger partial charge in [0, 0.05) is 23.1 Å². The van der Waals surface area contributed by atoms with E-state index < -0.39 is 0 Å². The van der Waals surface area contributed by atoms with E-state index in [2.05, 4.69) is 11.4 Å². The van der Waals surface area contributed by atoms with Gasteiger partial charge in [-0.1, -0.05) is 35.3 Å². The van der Waals surface area contributed by atoms with Crippen LogP contribution in [0.3, 0.4) is 0 Å². The zero-order valence-electron chi connectivity index (χ0n) is 6.98. The quantitative estimate of drug-likeness (QED) is 0.757. The second kappa shape index (κ2) is 3.70. The molecule has 3 heteroatoms. The van der Waals surface area contributed by atoms with Gasteiger partial charge in [0.25, 0.3) is 0 Å². The molecule has 0 aromatic heterocycles. The van der Waals surface area contributed by atoms with Crippen LogP contribution in [0.25, 0.3) is 6.08 Å². The van der Waals surface area contributed by atoms with E-state index in [0.29, 0.717) is 10.0 Å². The summed E-state index contributed by atoms with van der Waals surface area (Å²) in [5.74, 6) is 0. The summed E-state index contributed by atoms with van der Waals surface area (Å²) in [5.41, 5.74) is 2.42. The molecule has 68 valence electrons. The fourth-order valence-corrected chi connectivity index (χ4v) is 1.67. The molecule has 0 radical (unpaired) electrons. The van der Waals surface area contributed by atoms with Gasteiger partial charge >= 0.3 is 0 Å². The first-order valence-electron chi connectivity index (χ1n) is 4.11. The molecule has 1 aromatic carbocycles. The number of benzene rings is 1. The maximum Gasteiger partial charge on any atom is 0.0493 e. The number of rotatable bonds is 1. The number of hydrogen-bond donors (Lipinski definition) is 1. The third-order valence-electron chi connectivity index (χ3n) is 2.03. The highest BCUT2D eigenvalue weighted by Gasteiger charge is 2.07. The van der Waals surface area contributed by atoms with E-state index >= 15 is 0 Å². The third-order valence-corrected chi connectivity index (χ3v) is 2.59. The Morgan fingerprint density at radius 3 is 2.54 bits per heavy atom. The lowest BCUT2D eigenvalue weighted by molar-refractivity contribution is 0.675. The molecule has 1 aliphatic heterocycles. The van der Waals surface area contributed by atoms with Crippen molar-refractivity contribution >= 4 is 29.3 Å². The Labute approximate surface area is 87.4 Å². The average Bonchev–Trinajstić information content (AvgIpc) is 1.99. The molecule has 1 N–H and O–H groups in total. The first kappa shape index (κ1) is 9.07. The molecule has 0 aliphatic carbocycles. The van der Waals surface area contributed by atoms with Gasteiger partial charge in [-0.2, -0.15) is 0 Å². The van der Waals surface area contributed by atoms with Gasteiger partial charge in [0.05, 0.1) is 0 Å². The molecular formula is C10H9Cl2N. The Hall–Kier alpha value is -0.500. The van der Waals surface area contributed by atoms with Crippen LogP contribution < -0.4 is 5.32 Å². The minimum atomic E-state index is 0.680. The standard InChI is InChI=1S/C10H9Cl2N/c11-9-2-1-8(10(12)4-9)3-7-5-13-6-7/h1-4,13H,5-6H2. The van der Waals surface area contributed by atoms with Crippen molar-refractivity contribution in [3.05, 3.63) is 39.4 Å². The molecule has 1 nitrogen and oxygen atoms in total. The number of hydrogen-bond acceptors (Lipinski definition) is 1. The molecule has 0 spiro atoms. The Balaban J connectivity index is 2.29. The number of halogens is 2. The lowest BCUT2D eigenvalue weighted by atomic mass is 10.1. The SMILES string of the molecule is Clc1ccc(C=C2CNC2)c(Cl)c1. The van der Waals surface area contributed by atoms with Crippen molar-refractivity contribution in [2.24, 2.45) is 0 Å². The van der Waals surface area contributed by atoms with Crippen LogP contribution in [0, 0.1) is 0 Å². The highest BCUT2D eigenvalue weighted by molar-refractivity contribution is 6.35. The second-order valence-corrected chi connectivity index (χ2v) is 3.92. The third kappa shape index (κ3) is 2.05. The van der Waals surface area contributed by atoms with Crippen LogP contribution in [0.2, 0.25) is 10.0 Å². The Morgan fingerprint density at radius 1 is 1.23 bits per heavy atom. The van der Waals surface area contributed by atoms with E-state index in [4.69, 9.17) is 23.2 Å². The Bertz CT molecular complexity index is 352. The predicted molar refractivity (Wildman–Crippen MR) is 57.3 cm³/mol. The summed E-state index contributed by atoms with van der Waals surface area (Å²) in [4.78, 5) is 0. The van der Waals surface area contributed by atoms with Gasteiger partial charge in [-0.25, -0.2) is 0 Å². The van der Waals surface area contributed by atoms with Crippen molar-refractivity contribution in [1.29, 1.82) is 0 Å². The average molecular weight is 214 g/mol. The van der Waals surface area contributed by atoms with Crippen LogP contribution in [0.1, 0.15) is 5.56 Å². The Kier molecular flexibility index (Phi) is 2.58. The van der Waals surface area contributed by atoms with Crippen LogP contribution in [-0.2, 0) is 0 Å². The fourth-order valence-electron chi connectivity index (χ4n) is 1.21. The highest BCUT2D eigenvalue weighted by Crippen LogP contribution is 2.23. The van der Waals surface area contributed by atoms with Crippen molar-refractivity contribution < 1.29 is 0 Å². The van der Waals surface area contributed by atoms with Gasteiger partial charge < -0.3 is 5.32 Å². The highest BCUT2D eigenvalue weighted by atomic mass is 35.5. The smallest absolute Gasteiger partial charge is 0.0493 e. The van der Waals surface area contributed by atoms with Crippen LogP contribution >= 0.6 is 23.2 Å². The van der Waals surface area contributed by atoms with Crippen molar-refractivity contribution in [2.75, 3.05) is 13.1 Å². The van der Waals surface area contributed by atoms with E-state index in [-0.39, 0.29) is 0 Å². The van der Waals surface area contributed by atoms with E-state index in [9.17, 15) is 0 Å². The molecule has 1 saturated heterocycles. The summed E-state index contributed by atoms with van der Waals surface area (Å²) in [6, 6.07) is 5.56. The minimum Gasteiger partial charge on any atom is -0.309 e. The van der Waals surface area contributed by atoms with Crippen LogP contribution in [0.15, 0.2) is 23.8 Å². The van der Waals surface area contributed by atoms with E-state index in [1.807, 2.05) is 12.1 Å². The van der Waals surface area contributed by atoms with Crippen molar-refractivity contribution in [2.45, 2.75) is 0 Å². The molecule has 1 aliphatic rings. The summed E-state index contributed by atoms with van der Waals surface area (Å²) in [6.45, 7) is 1.94. The maximum absolute atomic E-state index is 6.01. The molecule has 0 saturated carbocycles.